The van der Waals surface area contributed by atoms with Crippen LogP contribution in [0, 0.1) is 0 Å². The molecule has 1 N–H and O–H groups in total. The molecule has 0 unspecified atom stereocenters. The Bertz CT molecular complexity index is 591. The summed E-state index contributed by atoms with van der Waals surface area (Å²) in [5.41, 5.74) is 1.39. The minimum Gasteiger partial charge on any atom is -0.352 e. The number of nitrogens with one attached hydrogen (secondary N) is 1. The molecule has 1 aliphatic carbocycles. The molecule has 0 bridgehead atoms. The van der Waals surface area contributed by atoms with Gasteiger partial charge in [0.1, 0.15) is 9.98 Å². The number of halogens is 1. The van der Waals surface area contributed by atoms with Crippen molar-refractivity contribution in [2.45, 2.75) is 45.6 Å². The third kappa shape index (κ3) is 2.08. The number of rotatable bonds is 2. The minimum atomic E-state index is 0.313. The number of thiophene rings is 1. The Morgan fingerprint density at radius 1 is 1.22 bits per heavy atom. The molecule has 3 nitrogen and oxygen atoms in total. The fraction of sp³-hybridized carbons (Fsp3) is 0.538. The lowest BCUT2D eigenvalue weighted by molar-refractivity contribution is 0.700. The highest BCUT2D eigenvalue weighted by atomic mass is 35.5. The maximum absolute atomic E-state index is 6.34. The molecule has 0 amide bonds. The predicted molar refractivity (Wildman–Crippen MR) is 77.8 cm³/mol. The molecule has 2 heterocycles. The molecule has 0 saturated carbocycles. The molecule has 1 aliphatic rings. The van der Waals surface area contributed by atoms with E-state index in [1.807, 2.05) is 0 Å². The van der Waals surface area contributed by atoms with Gasteiger partial charge in [-0.1, -0.05) is 11.6 Å². The van der Waals surface area contributed by atoms with E-state index in [2.05, 4.69) is 29.1 Å². The van der Waals surface area contributed by atoms with Gasteiger partial charge in [-0.05, 0) is 45.1 Å². The van der Waals surface area contributed by atoms with Gasteiger partial charge in [-0.3, -0.25) is 0 Å². The van der Waals surface area contributed by atoms with Crippen molar-refractivity contribution in [1.29, 1.82) is 0 Å². The molecular formula is C13H16ClN3S. The monoisotopic (exact) mass is 281 g/mol. The average molecular weight is 282 g/mol. The van der Waals surface area contributed by atoms with Crippen LogP contribution in [0.5, 0.6) is 0 Å². The molecule has 0 fully saturated rings. The molecule has 5 heteroatoms. The fourth-order valence-corrected chi connectivity index (χ4v) is 4.04. The van der Waals surface area contributed by atoms with Crippen LogP contribution in [0.1, 0.15) is 37.1 Å². The summed E-state index contributed by atoms with van der Waals surface area (Å²) in [7, 11) is 0. The van der Waals surface area contributed by atoms with Gasteiger partial charge in [-0.25, -0.2) is 9.97 Å². The van der Waals surface area contributed by atoms with Gasteiger partial charge < -0.3 is 5.32 Å². The number of aryl methyl sites for hydroxylation is 2. The molecule has 2 aromatic rings. The van der Waals surface area contributed by atoms with E-state index in [-0.39, 0.29) is 0 Å². The van der Waals surface area contributed by atoms with Gasteiger partial charge in [-0.15, -0.1) is 11.3 Å². The van der Waals surface area contributed by atoms with Gasteiger partial charge in [0.25, 0.3) is 0 Å². The van der Waals surface area contributed by atoms with Crippen LogP contribution in [0.15, 0.2) is 0 Å². The van der Waals surface area contributed by atoms with Crippen molar-refractivity contribution in [3.63, 3.8) is 0 Å². The summed E-state index contributed by atoms with van der Waals surface area (Å²) >= 11 is 8.12. The van der Waals surface area contributed by atoms with Crippen LogP contribution in [0.2, 0.25) is 5.15 Å². The van der Waals surface area contributed by atoms with E-state index in [4.69, 9.17) is 11.6 Å². The lowest BCUT2D eigenvalue weighted by Gasteiger charge is -2.11. The number of hydrogen-bond acceptors (Lipinski definition) is 4. The minimum absolute atomic E-state index is 0.313. The SMILES string of the molecule is CC(C)Nc1nc(Cl)c2c3c(sc2n1)CCCC3. The highest BCUT2D eigenvalue weighted by molar-refractivity contribution is 7.19. The van der Waals surface area contributed by atoms with Crippen LogP contribution in [-0.4, -0.2) is 16.0 Å². The molecule has 0 saturated heterocycles. The third-order valence-corrected chi connectivity index (χ3v) is 4.65. The van der Waals surface area contributed by atoms with Crippen molar-refractivity contribution in [2.75, 3.05) is 5.32 Å². The van der Waals surface area contributed by atoms with E-state index in [1.165, 1.54) is 29.7 Å². The van der Waals surface area contributed by atoms with Crippen molar-refractivity contribution in [3.8, 4) is 0 Å². The molecule has 0 spiro atoms. The molecule has 0 radical (unpaired) electrons. The fourth-order valence-electron chi connectivity index (χ4n) is 2.44. The zero-order chi connectivity index (χ0) is 12.7. The summed E-state index contributed by atoms with van der Waals surface area (Å²) in [5.74, 6) is 0.640. The summed E-state index contributed by atoms with van der Waals surface area (Å²) < 4.78 is 0. The summed E-state index contributed by atoms with van der Waals surface area (Å²) in [6.45, 7) is 4.14. The van der Waals surface area contributed by atoms with E-state index >= 15 is 0 Å². The maximum atomic E-state index is 6.34. The summed E-state index contributed by atoms with van der Waals surface area (Å²) in [4.78, 5) is 11.5. The highest BCUT2D eigenvalue weighted by Crippen LogP contribution is 2.38. The zero-order valence-corrected chi connectivity index (χ0v) is 12.2. The molecule has 0 aliphatic heterocycles. The van der Waals surface area contributed by atoms with Crippen LogP contribution in [0.3, 0.4) is 0 Å². The Balaban J connectivity index is 2.14. The van der Waals surface area contributed by atoms with E-state index in [0.717, 1.165) is 16.6 Å². The molecular weight excluding hydrogens is 266 g/mol. The number of hydrogen-bond donors (Lipinski definition) is 1. The topological polar surface area (TPSA) is 37.8 Å². The first-order chi connectivity index (χ1) is 8.65. The van der Waals surface area contributed by atoms with Gasteiger partial charge in [0.15, 0.2) is 0 Å². The molecule has 18 heavy (non-hydrogen) atoms. The first kappa shape index (κ1) is 12.2. The van der Waals surface area contributed by atoms with Crippen LogP contribution in [0.4, 0.5) is 5.95 Å². The van der Waals surface area contributed by atoms with Crippen LogP contribution in [0.25, 0.3) is 10.2 Å². The summed E-state index contributed by atoms with van der Waals surface area (Å²) in [5, 5.41) is 4.91. The van der Waals surface area contributed by atoms with Crippen molar-refractivity contribution in [3.05, 3.63) is 15.6 Å². The summed E-state index contributed by atoms with van der Waals surface area (Å²) in [6, 6.07) is 0.313. The van der Waals surface area contributed by atoms with Crippen LogP contribution < -0.4 is 5.32 Å². The normalized spacial score (nSPS) is 15.1. The van der Waals surface area contributed by atoms with Crippen LogP contribution in [-0.2, 0) is 12.8 Å². The van der Waals surface area contributed by atoms with Gasteiger partial charge in [0.05, 0.1) is 5.39 Å². The van der Waals surface area contributed by atoms with E-state index < -0.39 is 0 Å². The quantitative estimate of drug-likeness (QED) is 0.844. The van der Waals surface area contributed by atoms with Crippen LogP contribution >= 0.6 is 22.9 Å². The van der Waals surface area contributed by atoms with E-state index in [0.29, 0.717) is 17.1 Å². The first-order valence-electron chi connectivity index (χ1n) is 6.39. The van der Waals surface area contributed by atoms with Crippen molar-refractivity contribution >= 4 is 39.1 Å². The number of aromatic nitrogens is 2. The maximum Gasteiger partial charge on any atom is 0.225 e. The Labute approximate surface area is 116 Å². The lowest BCUT2D eigenvalue weighted by atomic mass is 9.97. The van der Waals surface area contributed by atoms with Gasteiger partial charge >= 0.3 is 0 Å². The van der Waals surface area contributed by atoms with Gasteiger partial charge in [0, 0.05) is 10.9 Å². The second kappa shape index (κ2) is 4.67. The van der Waals surface area contributed by atoms with Crippen molar-refractivity contribution < 1.29 is 0 Å². The van der Waals surface area contributed by atoms with E-state index in [1.54, 1.807) is 11.3 Å². The Morgan fingerprint density at radius 3 is 2.78 bits per heavy atom. The Morgan fingerprint density at radius 2 is 2.00 bits per heavy atom. The highest BCUT2D eigenvalue weighted by Gasteiger charge is 2.20. The smallest absolute Gasteiger partial charge is 0.225 e. The zero-order valence-electron chi connectivity index (χ0n) is 10.6. The molecule has 0 aromatic carbocycles. The van der Waals surface area contributed by atoms with Gasteiger partial charge in [-0.2, -0.15) is 0 Å². The van der Waals surface area contributed by atoms with E-state index in [9.17, 15) is 0 Å². The summed E-state index contributed by atoms with van der Waals surface area (Å²) in [6.07, 6.45) is 4.82. The van der Waals surface area contributed by atoms with Crippen molar-refractivity contribution in [2.24, 2.45) is 0 Å². The lowest BCUT2D eigenvalue weighted by Crippen LogP contribution is -2.12. The largest absolute Gasteiger partial charge is 0.352 e. The standard InChI is InChI=1S/C13H16ClN3S/c1-7(2)15-13-16-11(14)10-8-5-3-4-6-9(8)18-12(10)17-13/h7H,3-6H2,1-2H3,(H,15,16,17). The van der Waals surface area contributed by atoms with Crippen molar-refractivity contribution in [1.82, 2.24) is 9.97 Å². The molecule has 96 valence electrons. The molecule has 2 aromatic heterocycles. The molecule has 0 atom stereocenters. The number of fused-ring (bicyclic) bond motifs is 3. The number of anilines is 1. The Hall–Kier alpha value is -0.870. The predicted octanol–water partition coefficient (Wildman–Crippen LogP) is 4.04. The third-order valence-electron chi connectivity index (χ3n) is 3.19. The number of nitrogens with zero attached hydrogens (tertiary/aromatic N) is 2. The average Bonchev–Trinajstić information content (AvgIpc) is 2.66. The van der Waals surface area contributed by atoms with Gasteiger partial charge in [0.2, 0.25) is 5.95 Å². The first-order valence-corrected chi connectivity index (χ1v) is 7.59. The second-order valence-corrected chi connectivity index (χ2v) is 6.47. The second-order valence-electron chi connectivity index (χ2n) is 5.03. The Kier molecular flexibility index (Phi) is 3.16. The molecule has 3 rings (SSSR count).